The quantitative estimate of drug-likeness (QED) is 0.738. The summed E-state index contributed by atoms with van der Waals surface area (Å²) in [6.07, 6.45) is 2.83. The highest BCUT2D eigenvalue weighted by Crippen LogP contribution is 2.22. The Morgan fingerprint density at radius 3 is 2.88 bits per heavy atom. The van der Waals surface area contributed by atoms with Crippen molar-refractivity contribution in [2.45, 2.75) is 0 Å². The molecule has 2 aromatic rings. The van der Waals surface area contributed by atoms with Crippen molar-refractivity contribution in [2.24, 2.45) is 0 Å². The van der Waals surface area contributed by atoms with Gasteiger partial charge in [-0.15, -0.1) is 0 Å². The third kappa shape index (κ3) is 1.91. The van der Waals surface area contributed by atoms with E-state index in [0.29, 0.717) is 17.1 Å². The molecule has 78 valence electrons. The molecule has 5 nitrogen and oxygen atoms in total. The average Bonchev–Trinajstić information content (AvgIpc) is 2.33. The van der Waals surface area contributed by atoms with E-state index in [0.717, 1.165) is 5.69 Å². The van der Waals surface area contributed by atoms with Gasteiger partial charge in [0.05, 0.1) is 17.6 Å². The Morgan fingerprint density at radius 1 is 1.31 bits per heavy atom. The van der Waals surface area contributed by atoms with Gasteiger partial charge in [-0.3, -0.25) is 0 Å². The van der Waals surface area contributed by atoms with Crippen molar-refractivity contribution in [3.63, 3.8) is 0 Å². The van der Waals surface area contributed by atoms with Crippen LogP contribution in [0.25, 0.3) is 0 Å². The molecule has 0 saturated heterocycles. The van der Waals surface area contributed by atoms with Gasteiger partial charge in [-0.05, 0) is 12.1 Å². The predicted molar refractivity (Wildman–Crippen MR) is 60.9 cm³/mol. The van der Waals surface area contributed by atoms with E-state index >= 15 is 0 Å². The average molecular weight is 211 g/mol. The summed E-state index contributed by atoms with van der Waals surface area (Å²) in [6, 6.07) is 9.29. The summed E-state index contributed by atoms with van der Waals surface area (Å²) in [5.41, 5.74) is 7.47. The lowest BCUT2D eigenvalue weighted by Crippen LogP contribution is -2.00. The lowest BCUT2D eigenvalue weighted by molar-refractivity contribution is 1.15. The fourth-order valence-electron chi connectivity index (χ4n) is 1.25. The summed E-state index contributed by atoms with van der Waals surface area (Å²) < 4.78 is 0. The van der Waals surface area contributed by atoms with Crippen LogP contribution in [-0.4, -0.2) is 9.97 Å². The van der Waals surface area contributed by atoms with E-state index in [1.165, 1.54) is 12.5 Å². The lowest BCUT2D eigenvalue weighted by atomic mass is 10.2. The number of hydrogen-bond acceptors (Lipinski definition) is 5. The molecule has 0 aliphatic heterocycles. The molecule has 5 heteroatoms. The minimum Gasteiger partial charge on any atom is -0.397 e. The zero-order valence-electron chi connectivity index (χ0n) is 8.38. The molecule has 0 saturated carbocycles. The lowest BCUT2D eigenvalue weighted by Gasteiger charge is -2.08. The summed E-state index contributed by atoms with van der Waals surface area (Å²) in [7, 11) is 0. The number of benzene rings is 1. The van der Waals surface area contributed by atoms with E-state index in [1.54, 1.807) is 6.07 Å². The molecule has 2 rings (SSSR count). The second-order valence-corrected chi connectivity index (χ2v) is 3.11. The molecule has 16 heavy (non-hydrogen) atoms. The van der Waals surface area contributed by atoms with Crippen LogP contribution < -0.4 is 11.1 Å². The fraction of sp³-hybridized carbons (Fsp3) is 0. The standard InChI is InChI=1S/C11H9N5/c12-5-8-6-14-7-15-11(8)16-10-4-2-1-3-9(10)13/h1-4,6-7H,13H2,(H,14,15,16). The number of nitrogen functional groups attached to an aromatic ring is 1. The minimum atomic E-state index is 0.380. The van der Waals surface area contributed by atoms with Gasteiger partial charge in [0.25, 0.3) is 0 Å². The number of aromatic nitrogens is 2. The topological polar surface area (TPSA) is 87.6 Å². The molecule has 3 N–H and O–H groups in total. The van der Waals surface area contributed by atoms with Crippen LogP contribution in [0, 0.1) is 11.3 Å². The van der Waals surface area contributed by atoms with Gasteiger partial charge in [0.2, 0.25) is 0 Å². The van der Waals surface area contributed by atoms with Crippen LogP contribution in [0.2, 0.25) is 0 Å². The van der Waals surface area contributed by atoms with E-state index in [2.05, 4.69) is 15.3 Å². The molecule has 1 heterocycles. The molecule has 1 aromatic carbocycles. The van der Waals surface area contributed by atoms with Crippen LogP contribution in [0.4, 0.5) is 17.2 Å². The molecular weight excluding hydrogens is 202 g/mol. The van der Waals surface area contributed by atoms with Gasteiger partial charge in [0, 0.05) is 0 Å². The van der Waals surface area contributed by atoms with Gasteiger partial charge >= 0.3 is 0 Å². The van der Waals surface area contributed by atoms with Gasteiger partial charge < -0.3 is 11.1 Å². The Bertz CT molecular complexity index is 544. The van der Waals surface area contributed by atoms with E-state index < -0.39 is 0 Å². The van der Waals surface area contributed by atoms with Crippen molar-refractivity contribution in [2.75, 3.05) is 11.1 Å². The zero-order valence-corrected chi connectivity index (χ0v) is 8.38. The maximum absolute atomic E-state index is 8.86. The molecule has 0 atom stereocenters. The summed E-state index contributed by atoms with van der Waals surface area (Å²) in [5.74, 6) is 0.454. The maximum atomic E-state index is 8.86. The van der Waals surface area contributed by atoms with Crippen molar-refractivity contribution in [1.82, 2.24) is 9.97 Å². The van der Waals surface area contributed by atoms with Crippen molar-refractivity contribution >= 4 is 17.2 Å². The Balaban J connectivity index is 2.35. The summed E-state index contributed by atoms with van der Waals surface area (Å²) in [4.78, 5) is 7.76. The molecular formula is C11H9N5. The van der Waals surface area contributed by atoms with Crippen molar-refractivity contribution in [3.8, 4) is 6.07 Å². The Labute approximate surface area is 92.6 Å². The van der Waals surface area contributed by atoms with Gasteiger partial charge in [-0.1, -0.05) is 12.1 Å². The first-order valence-electron chi connectivity index (χ1n) is 4.63. The Kier molecular flexibility index (Phi) is 2.65. The molecule has 0 amide bonds. The van der Waals surface area contributed by atoms with Crippen LogP contribution in [0.5, 0.6) is 0 Å². The van der Waals surface area contributed by atoms with E-state index in [1.807, 2.05) is 24.3 Å². The molecule has 0 radical (unpaired) electrons. The number of nitrogens with zero attached hydrogens (tertiary/aromatic N) is 3. The van der Waals surface area contributed by atoms with Gasteiger partial charge in [0.1, 0.15) is 18.0 Å². The smallest absolute Gasteiger partial charge is 0.151 e. The third-order valence-electron chi connectivity index (χ3n) is 2.05. The first-order valence-corrected chi connectivity index (χ1v) is 4.63. The molecule has 0 aliphatic rings. The Morgan fingerprint density at radius 2 is 2.12 bits per heavy atom. The Hall–Kier alpha value is -2.61. The third-order valence-corrected chi connectivity index (χ3v) is 2.05. The second-order valence-electron chi connectivity index (χ2n) is 3.11. The van der Waals surface area contributed by atoms with Crippen molar-refractivity contribution < 1.29 is 0 Å². The van der Waals surface area contributed by atoms with Gasteiger partial charge in [-0.2, -0.15) is 5.26 Å². The number of nitrogens with two attached hydrogens (primary N) is 1. The largest absolute Gasteiger partial charge is 0.397 e. The molecule has 0 bridgehead atoms. The van der Waals surface area contributed by atoms with Crippen LogP contribution in [0.15, 0.2) is 36.8 Å². The number of nitrogens with one attached hydrogen (secondary N) is 1. The molecule has 0 spiro atoms. The van der Waals surface area contributed by atoms with Crippen molar-refractivity contribution in [1.29, 1.82) is 5.26 Å². The highest BCUT2D eigenvalue weighted by atomic mass is 15.0. The minimum absolute atomic E-state index is 0.380. The van der Waals surface area contributed by atoms with Crippen LogP contribution in [-0.2, 0) is 0 Å². The zero-order chi connectivity index (χ0) is 11.4. The SMILES string of the molecule is N#Cc1cncnc1Nc1ccccc1N. The highest BCUT2D eigenvalue weighted by molar-refractivity contribution is 5.72. The maximum Gasteiger partial charge on any atom is 0.151 e. The first-order chi connectivity index (χ1) is 7.81. The monoisotopic (exact) mass is 211 g/mol. The fourth-order valence-corrected chi connectivity index (χ4v) is 1.25. The summed E-state index contributed by atoms with van der Waals surface area (Å²) >= 11 is 0. The highest BCUT2D eigenvalue weighted by Gasteiger charge is 2.04. The first kappa shape index (κ1) is 9.93. The second kappa shape index (κ2) is 4.28. The van der Waals surface area contributed by atoms with Crippen LogP contribution in [0.1, 0.15) is 5.56 Å². The van der Waals surface area contributed by atoms with E-state index in [-0.39, 0.29) is 0 Å². The number of anilines is 3. The summed E-state index contributed by atoms with van der Waals surface area (Å²) in [5, 5.41) is 11.9. The number of nitriles is 1. The molecule has 0 fully saturated rings. The predicted octanol–water partition coefficient (Wildman–Crippen LogP) is 1.67. The van der Waals surface area contributed by atoms with Crippen LogP contribution >= 0.6 is 0 Å². The number of para-hydroxylation sites is 2. The van der Waals surface area contributed by atoms with Crippen molar-refractivity contribution in [3.05, 3.63) is 42.4 Å². The van der Waals surface area contributed by atoms with Gasteiger partial charge in [0.15, 0.2) is 5.82 Å². The summed E-state index contributed by atoms with van der Waals surface area (Å²) in [6.45, 7) is 0. The normalized spacial score (nSPS) is 9.44. The molecule has 0 aliphatic carbocycles. The molecule has 0 unspecified atom stereocenters. The van der Waals surface area contributed by atoms with E-state index in [9.17, 15) is 0 Å². The van der Waals surface area contributed by atoms with Gasteiger partial charge in [-0.25, -0.2) is 9.97 Å². The number of hydrogen-bond donors (Lipinski definition) is 2. The molecule has 1 aromatic heterocycles. The van der Waals surface area contributed by atoms with Crippen LogP contribution in [0.3, 0.4) is 0 Å². The van der Waals surface area contributed by atoms with E-state index in [4.69, 9.17) is 11.0 Å². The number of rotatable bonds is 2.